The Balaban J connectivity index is 2.41. The Labute approximate surface area is 96.8 Å². The van der Waals surface area contributed by atoms with E-state index >= 15 is 0 Å². The second-order valence-electron chi connectivity index (χ2n) is 3.51. The summed E-state index contributed by atoms with van der Waals surface area (Å²) in [5.74, 6) is 0. The Morgan fingerprint density at radius 2 is 2.41 bits per heavy atom. The number of nitro groups is 1. The molecule has 0 aliphatic carbocycles. The van der Waals surface area contributed by atoms with Gasteiger partial charge in [0.05, 0.1) is 16.5 Å². The normalized spacial score (nSPS) is 11.4. The number of hydrogen-bond donors (Lipinski definition) is 2. The zero-order chi connectivity index (χ0) is 12.3. The molecule has 0 spiro atoms. The maximum atomic E-state index is 10.8. The minimum atomic E-state index is -0.443. The lowest BCUT2D eigenvalue weighted by Crippen LogP contribution is -1.86. The van der Waals surface area contributed by atoms with Crippen LogP contribution in [0.4, 0.5) is 5.69 Å². The molecule has 0 saturated heterocycles. The summed E-state index contributed by atoms with van der Waals surface area (Å²) < 4.78 is 0. The van der Waals surface area contributed by atoms with Crippen LogP contribution in [-0.2, 0) is 0 Å². The van der Waals surface area contributed by atoms with Crippen molar-refractivity contribution in [2.45, 2.75) is 6.42 Å². The van der Waals surface area contributed by atoms with Crippen LogP contribution < -0.4 is 0 Å². The molecule has 88 valence electrons. The van der Waals surface area contributed by atoms with Gasteiger partial charge in [0, 0.05) is 12.8 Å². The van der Waals surface area contributed by atoms with Crippen LogP contribution in [-0.4, -0.2) is 26.6 Å². The fourth-order valence-corrected chi connectivity index (χ4v) is 1.54. The van der Waals surface area contributed by atoms with Gasteiger partial charge in [0.2, 0.25) is 0 Å². The van der Waals surface area contributed by atoms with Crippen LogP contribution in [0.2, 0.25) is 0 Å². The van der Waals surface area contributed by atoms with Crippen LogP contribution in [0.25, 0.3) is 17.1 Å². The predicted octanol–water partition coefficient (Wildman–Crippen LogP) is 1.87. The van der Waals surface area contributed by atoms with Gasteiger partial charge in [0.1, 0.15) is 5.65 Å². The highest BCUT2D eigenvalue weighted by Crippen LogP contribution is 2.24. The standard InChI is InChI=1S/C11H11N3O3/c15-4-2-1-3-8-5-9-10(14(16)17)7-13-11(9)12-6-8/h1,3,5-7,15H,2,4H2,(H,12,13). The second-order valence-corrected chi connectivity index (χ2v) is 3.51. The highest BCUT2D eigenvalue weighted by molar-refractivity contribution is 5.87. The van der Waals surface area contributed by atoms with E-state index in [4.69, 9.17) is 5.11 Å². The van der Waals surface area contributed by atoms with Crippen LogP contribution in [0.15, 0.2) is 24.5 Å². The minimum absolute atomic E-state index is 0.0184. The quantitative estimate of drug-likeness (QED) is 0.622. The van der Waals surface area contributed by atoms with Crippen molar-refractivity contribution in [1.29, 1.82) is 0 Å². The van der Waals surface area contributed by atoms with Crippen molar-refractivity contribution < 1.29 is 10.0 Å². The fraction of sp³-hybridized carbons (Fsp3) is 0.182. The number of pyridine rings is 1. The van der Waals surface area contributed by atoms with Gasteiger partial charge in [0.15, 0.2) is 0 Å². The molecule has 0 saturated carbocycles. The molecule has 0 aliphatic rings. The molecule has 0 radical (unpaired) electrons. The molecular weight excluding hydrogens is 222 g/mol. The number of hydrogen-bond acceptors (Lipinski definition) is 4. The van der Waals surface area contributed by atoms with Crippen LogP contribution in [0.3, 0.4) is 0 Å². The van der Waals surface area contributed by atoms with Gasteiger partial charge in [-0.15, -0.1) is 0 Å². The maximum absolute atomic E-state index is 10.8. The van der Waals surface area contributed by atoms with E-state index in [1.54, 1.807) is 24.4 Å². The monoisotopic (exact) mass is 233 g/mol. The van der Waals surface area contributed by atoms with Gasteiger partial charge >= 0.3 is 0 Å². The number of H-pyrrole nitrogens is 1. The van der Waals surface area contributed by atoms with Crippen molar-refractivity contribution in [3.8, 4) is 0 Å². The number of aliphatic hydroxyl groups excluding tert-OH is 1. The zero-order valence-corrected chi connectivity index (χ0v) is 8.96. The topological polar surface area (TPSA) is 92.0 Å². The third-order valence-electron chi connectivity index (χ3n) is 2.33. The first-order valence-corrected chi connectivity index (χ1v) is 5.11. The summed E-state index contributed by atoms with van der Waals surface area (Å²) in [6.45, 7) is 0.0798. The van der Waals surface area contributed by atoms with Gasteiger partial charge in [-0.1, -0.05) is 12.2 Å². The van der Waals surface area contributed by atoms with Gasteiger partial charge < -0.3 is 10.1 Å². The number of fused-ring (bicyclic) bond motifs is 1. The van der Waals surface area contributed by atoms with Gasteiger partial charge in [0.25, 0.3) is 5.69 Å². The molecule has 0 aliphatic heterocycles. The van der Waals surface area contributed by atoms with Gasteiger partial charge in [-0.2, -0.15) is 0 Å². The first kappa shape index (κ1) is 11.3. The molecule has 0 bridgehead atoms. The number of aromatic nitrogens is 2. The highest BCUT2D eigenvalue weighted by atomic mass is 16.6. The van der Waals surface area contributed by atoms with Crippen molar-refractivity contribution in [2.75, 3.05) is 6.61 Å². The average molecular weight is 233 g/mol. The van der Waals surface area contributed by atoms with Crippen molar-refractivity contribution in [3.63, 3.8) is 0 Å². The van der Waals surface area contributed by atoms with E-state index in [0.717, 1.165) is 5.56 Å². The molecule has 2 rings (SSSR count). The van der Waals surface area contributed by atoms with Crippen molar-refractivity contribution >= 4 is 22.8 Å². The van der Waals surface area contributed by atoms with E-state index in [2.05, 4.69) is 9.97 Å². The number of rotatable bonds is 4. The fourth-order valence-electron chi connectivity index (χ4n) is 1.54. The Bertz CT molecular complexity index is 574. The summed E-state index contributed by atoms with van der Waals surface area (Å²) in [6.07, 6.45) is 7.07. The molecule has 2 N–H and O–H groups in total. The first-order valence-electron chi connectivity index (χ1n) is 5.11. The lowest BCUT2D eigenvalue weighted by molar-refractivity contribution is -0.383. The second kappa shape index (κ2) is 4.75. The summed E-state index contributed by atoms with van der Waals surface area (Å²) in [7, 11) is 0. The van der Waals surface area contributed by atoms with Crippen LogP contribution in [0.5, 0.6) is 0 Å². The molecule has 2 aromatic heterocycles. The number of aliphatic hydroxyl groups is 1. The molecule has 0 amide bonds. The van der Waals surface area contributed by atoms with Crippen molar-refractivity contribution in [1.82, 2.24) is 9.97 Å². The van der Waals surface area contributed by atoms with E-state index in [0.29, 0.717) is 17.5 Å². The van der Waals surface area contributed by atoms with Crippen molar-refractivity contribution in [2.24, 2.45) is 0 Å². The lowest BCUT2D eigenvalue weighted by atomic mass is 10.2. The third kappa shape index (κ3) is 2.31. The molecule has 0 atom stereocenters. The number of nitrogens with one attached hydrogen (secondary N) is 1. The molecule has 2 heterocycles. The minimum Gasteiger partial charge on any atom is -0.396 e. The summed E-state index contributed by atoms with van der Waals surface area (Å²) >= 11 is 0. The van der Waals surface area contributed by atoms with E-state index in [1.165, 1.54) is 6.20 Å². The molecule has 0 fully saturated rings. The van der Waals surface area contributed by atoms with E-state index in [1.807, 2.05) is 0 Å². The summed E-state index contributed by atoms with van der Waals surface area (Å²) in [5, 5.41) is 19.9. The van der Waals surface area contributed by atoms with Gasteiger partial charge in [-0.25, -0.2) is 4.98 Å². The highest BCUT2D eigenvalue weighted by Gasteiger charge is 2.14. The lowest BCUT2D eigenvalue weighted by Gasteiger charge is -1.94. The molecule has 0 unspecified atom stereocenters. The summed E-state index contributed by atoms with van der Waals surface area (Å²) in [4.78, 5) is 17.1. The Kier molecular flexibility index (Phi) is 3.15. The van der Waals surface area contributed by atoms with Gasteiger partial charge in [-0.05, 0) is 18.1 Å². The average Bonchev–Trinajstić information content (AvgIpc) is 2.72. The van der Waals surface area contributed by atoms with E-state index in [-0.39, 0.29) is 12.3 Å². The third-order valence-corrected chi connectivity index (χ3v) is 2.33. The van der Waals surface area contributed by atoms with E-state index < -0.39 is 4.92 Å². The van der Waals surface area contributed by atoms with Crippen LogP contribution in [0, 0.1) is 10.1 Å². The Morgan fingerprint density at radius 3 is 3.12 bits per heavy atom. The van der Waals surface area contributed by atoms with Crippen LogP contribution >= 0.6 is 0 Å². The molecule has 17 heavy (non-hydrogen) atoms. The number of aromatic amines is 1. The predicted molar refractivity (Wildman–Crippen MR) is 63.5 cm³/mol. The maximum Gasteiger partial charge on any atom is 0.296 e. The summed E-state index contributed by atoms with van der Waals surface area (Å²) in [5.41, 5.74) is 1.29. The first-order chi connectivity index (χ1) is 8.22. The SMILES string of the molecule is O=[N+]([O-])c1c[nH]c2ncc(C=CCCO)cc12. The molecule has 6 nitrogen and oxygen atoms in total. The molecule has 6 heteroatoms. The van der Waals surface area contributed by atoms with E-state index in [9.17, 15) is 10.1 Å². The van der Waals surface area contributed by atoms with Crippen LogP contribution in [0.1, 0.15) is 12.0 Å². The van der Waals surface area contributed by atoms with Gasteiger partial charge in [-0.3, -0.25) is 10.1 Å². The molecule has 2 aromatic rings. The number of nitrogens with zero attached hydrogens (tertiary/aromatic N) is 2. The zero-order valence-electron chi connectivity index (χ0n) is 8.96. The largest absolute Gasteiger partial charge is 0.396 e. The smallest absolute Gasteiger partial charge is 0.296 e. The summed E-state index contributed by atoms with van der Waals surface area (Å²) in [6, 6.07) is 1.70. The Hall–Kier alpha value is -2.21. The molecular formula is C11H11N3O3. The van der Waals surface area contributed by atoms with Crippen molar-refractivity contribution in [3.05, 3.63) is 40.2 Å². The molecule has 0 aromatic carbocycles. The Morgan fingerprint density at radius 1 is 1.59 bits per heavy atom.